The van der Waals surface area contributed by atoms with Crippen molar-refractivity contribution in [1.82, 2.24) is 9.80 Å². The van der Waals surface area contributed by atoms with Gasteiger partial charge >= 0.3 is 6.03 Å². The van der Waals surface area contributed by atoms with Gasteiger partial charge in [-0.1, -0.05) is 12.1 Å². The number of nitrogens with zero attached hydrogens (tertiary/aromatic N) is 2. The van der Waals surface area contributed by atoms with Crippen molar-refractivity contribution in [3.05, 3.63) is 35.6 Å². The van der Waals surface area contributed by atoms with Crippen LogP contribution in [0.5, 0.6) is 0 Å². The van der Waals surface area contributed by atoms with Crippen molar-refractivity contribution in [2.45, 2.75) is 19.4 Å². The molecule has 1 aliphatic rings. The molecule has 0 unspecified atom stereocenters. The third-order valence-corrected chi connectivity index (χ3v) is 3.04. The number of likely N-dealkylation sites (tertiary alicyclic amines) is 1. The Morgan fingerprint density at radius 3 is 2.47 bits per heavy atom. The van der Waals surface area contributed by atoms with Crippen LogP contribution >= 0.6 is 0 Å². The summed E-state index contributed by atoms with van der Waals surface area (Å²) in [5, 5.41) is 0. The van der Waals surface area contributed by atoms with Gasteiger partial charge in [0.25, 0.3) is 0 Å². The molecule has 2 amide bonds. The Morgan fingerprint density at radius 1 is 1.29 bits per heavy atom. The minimum absolute atomic E-state index is 0.0619. The van der Waals surface area contributed by atoms with E-state index >= 15 is 0 Å². The average Bonchev–Trinajstić information content (AvgIpc) is 2.84. The summed E-state index contributed by atoms with van der Waals surface area (Å²) in [6.07, 6.45) is 2.19. The summed E-state index contributed by atoms with van der Waals surface area (Å²) in [6, 6.07) is 6.32. The predicted molar refractivity (Wildman–Crippen MR) is 64.1 cm³/mol. The number of urea groups is 1. The fourth-order valence-corrected chi connectivity index (χ4v) is 2.08. The lowest BCUT2D eigenvalue weighted by atomic mass is 10.2. The summed E-state index contributed by atoms with van der Waals surface area (Å²) in [6.45, 7) is 2.23. The molecule has 92 valence electrons. The van der Waals surface area contributed by atoms with Crippen molar-refractivity contribution in [3.63, 3.8) is 0 Å². The first kappa shape index (κ1) is 11.9. The first-order valence-corrected chi connectivity index (χ1v) is 5.91. The summed E-state index contributed by atoms with van der Waals surface area (Å²) in [7, 11) is 1.78. The van der Waals surface area contributed by atoms with Crippen LogP contribution in [0.3, 0.4) is 0 Å². The molecule has 1 aromatic carbocycles. The van der Waals surface area contributed by atoms with Gasteiger partial charge in [-0.2, -0.15) is 0 Å². The molecule has 1 aromatic rings. The highest BCUT2D eigenvalue weighted by Crippen LogP contribution is 2.12. The Hall–Kier alpha value is -1.58. The second-order valence-electron chi connectivity index (χ2n) is 4.46. The van der Waals surface area contributed by atoms with Gasteiger partial charge in [-0.3, -0.25) is 0 Å². The Morgan fingerprint density at radius 2 is 1.88 bits per heavy atom. The number of halogens is 1. The Bertz CT molecular complexity index is 385. The molecule has 1 aliphatic heterocycles. The Kier molecular flexibility index (Phi) is 3.61. The van der Waals surface area contributed by atoms with Crippen LogP contribution in [0.1, 0.15) is 18.4 Å². The van der Waals surface area contributed by atoms with Crippen molar-refractivity contribution < 1.29 is 9.18 Å². The van der Waals surface area contributed by atoms with Crippen molar-refractivity contribution in [2.75, 3.05) is 20.1 Å². The first-order valence-electron chi connectivity index (χ1n) is 5.91. The lowest BCUT2D eigenvalue weighted by molar-refractivity contribution is 0.171. The quantitative estimate of drug-likeness (QED) is 0.773. The van der Waals surface area contributed by atoms with E-state index in [0.717, 1.165) is 31.5 Å². The molecule has 1 fully saturated rings. The van der Waals surface area contributed by atoms with Gasteiger partial charge in [0, 0.05) is 26.7 Å². The first-order chi connectivity index (χ1) is 8.16. The standard InChI is InChI=1S/C13H17FN2O/c1-15(13(17)16-8-2-3-9-16)10-11-4-6-12(14)7-5-11/h4-7H,2-3,8-10H2,1H3. The molecule has 0 bridgehead atoms. The topological polar surface area (TPSA) is 23.6 Å². The highest BCUT2D eigenvalue weighted by Gasteiger charge is 2.20. The lowest BCUT2D eigenvalue weighted by Crippen LogP contribution is -2.38. The smallest absolute Gasteiger partial charge is 0.320 e. The molecular formula is C13H17FN2O. The van der Waals surface area contributed by atoms with E-state index in [0.29, 0.717) is 6.54 Å². The van der Waals surface area contributed by atoms with E-state index in [4.69, 9.17) is 0 Å². The van der Waals surface area contributed by atoms with E-state index < -0.39 is 0 Å². The minimum atomic E-state index is -0.248. The molecule has 0 aromatic heterocycles. The van der Waals surface area contributed by atoms with Crippen LogP contribution in [0.4, 0.5) is 9.18 Å². The van der Waals surface area contributed by atoms with E-state index in [-0.39, 0.29) is 11.8 Å². The van der Waals surface area contributed by atoms with Crippen LogP contribution in [0.2, 0.25) is 0 Å². The molecule has 0 atom stereocenters. The molecule has 2 rings (SSSR count). The lowest BCUT2D eigenvalue weighted by Gasteiger charge is -2.24. The number of carbonyl (C=O) groups excluding carboxylic acids is 1. The zero-order valence-electron chi connectivity index (χ0n) is 10.0. The Labute approximate surface area is 101 Å². The fraction of sp³-hybridized carbons (Fsp3) is 0.462. The van der Waals surface area contributed by atoms with Crippen LogP contribution < -0.4 is 0 Å². The molecule has 0 N–H and O–H groups in total. The van der Waals surface area contributed by atoms with Gasteiger partial charge in [0.15, 0.2) is 0 Å². The molecule has 0 saturated carbocycles. The molecule has 4 heteroatoms. The molecular weight excluding hydrogens is 219 g/mol. The van der Waals surface area contributed by atoms with Crippen molar-refractivity contribution >= 4 is 6.03 Å². The third-order valence-electron chi connectivity index (χ3n) is 3.04. The van der Waals surface area contributed by atoms with Crippen molar-refractivity contribution in [1.29, 1.82) is 0 Å². The van der Waals surface area contributed by atoms with E-state index in [1.54, 1.807) is 24.1 Å². The van der Waals surface area contributed by atoms with Gasteiger partial charge in [-0.05, 0) is 30.5 Å². The third kappa shape index (κ3) is 2.96. The molecule has 17 heavy (non-hydrogen) atoms. The van der Waals surface area contributed by atoms with Crippen LogP contribution in [-0.2, 0) is 6.54 Å². The van der Waals surface area contributed by atoms with Gasteiger partial charge in [0.2, 0.25) is 0 Å². The summed E-state index contributed by atoms with van der Waals surface area (Å²) in [5.41, 5.74) is 0.946. The normalized spacial score (nSPS) is 15.1. The zero-order valence-corrected chi connectivity index (χ0v) is 10.0. The van der Waals surface area contributed by atoms with Gasteiger partial charge in [-0.25, -0.2) is 9.18 Å². The van der Waals surface area contributed by atoms with Crippen LogP contribution in [0.25, 0.3) is 0 Å². The minimum Gasteiger partial charge on any atom is -0.325 e. The van der Waals surface area contributed by atoms with Crippen molar-refractivity contribution in [2.24, 2.45) is 0 Å². The van der Waals surface area contributed by atoms with Gasteiger partial charge < -0.3 is 9.80 Å². The predicted octanol–water partition coefficient (Wildman–Crippen LogP) is 2.47. The molecule has 3 nitrogen and oxygen atoms in total. The number of carbonyl (C=O) groups is 1. The number of hydrogen-bond donors (Lipinski definition) is 0. The summed E-state index contributed by atoms with van der Waals surface area (Å²) in [5.74, 6) is -0.248. The van der Waals surface area contributed by atoms with E-state index in [1.165, 1.54) is 12.1 Å². The van der Waals surface area contributed by atoms with Crippen LogP contribution in [0.15, 0.2) is 24.3 Å². The maximum absolute atomic E-state index is 12.7. The maximum atomic E-state index is 12.7. The van der Waals surface area contributed by atoms with E-state index in [9.17, 15) is 9.18 Å². The monoisotopic (exact) mass is 236 g/mol. The highest BCUT2D eigenvalue weighted by molar-refractivity contribution is 5.74. The number of amides is 2. The Balaban J connectivity index is 1.93. The summed E-state index contributed by atoms with van der Waals surface area (Å²) >= 11 is 0. The largest absolute Gasteiger partial charge is 0.325 e. The molecule has 1 saturated heterocycles. The molecule has 0 spiro atoms. The second-order valence-corrected chi connectivity index (χ2v) is 4.46. The van der Waals surface area contributed by atoms with Crippen LogP contribution in [-0.4, -0.2) is 36.0 Å². The summed E-state index contributed by atoms with van der Waals surface area (Å²) in [4.78, 5) is 15.5. The van der Waals surface area contributed by atoms with Gasteiger partial charge in [-0.15, -0.1) is 0 Å². The molecule has 0 aliphatic carbocycles. The number of benzene rings is 1. The van der Waals surface area contributed by atoms with Crippen LogP contribution in [0, 0.1) is 5.82 Å². The SMILES string of the molecule is CN(Cc1ccc(F)cc1)C(=O)N1CCCC1. The second kappa shape index (κ2) is 5.17. The van der Waals surface area contributed by atoms with E-state index in [2.05, 4.69) is 0 Å². The van der Waals surface area contributed by atoms with E-state index in [1.807, 2.05) is 4.90 Å². The number of rotatable bonds is 2. The average molecular weight is 236 g/mol. The van der Waals surface area contributed by atoms with Gasteiger partial charge in [0.05, 0.1) is 0 Å². The summed E-state index contributed by atoms with van der Waals surface area (Å²) < 4.78 is 12.7. The molecule has 1 heterocycles. The van der Waals surface area contributed by atoms with Crippen molar-refractivity contribution in [3.8, 4) is 0 Å². The number of hydrogen-bond acceptors (Lipinski definition) is 1. The van der Waals surface area contributed by atoms with Gasteiger partial charge in [0.1, 0.15) is 5.82 Å². The zero-order chi connectivity index (χ0) is 12.3. The maximum Gasteiger partial charge on any atom is 0.320 e. The fourth-order valence-electron chi connectivity index (χ4n) is 2.08. The highest BCUT2D eigenvalue weighted by atomic mass is 19.1. The molecule has 0 radical (unpaired) electrons.